The number of carbonyl (C=O) groups excluding carboxylic acids is 8. The molecule has 7 rings (SSSR count). The van der Waals surface area contributed by atoms with Crippen LogP contribution in [-0.2, 0) is 53.1 Å². The number of hydrogen-bond donors (Lipinski definition) is 7. The minimum Gasteiger partial charge on any atom is -0.368 e. The van der Waals surface area contributed by atoms with E-state index in [1.807, 2.05) is 5.01 Å². The normalized spacial score (nSPS) is 31.4. The molecule has 10 atom stereocenters. The first-order chi connectivity index (χ1) is 32.6. The molecule has 2 aliphatic carbocycles. The second-order valence-corrected chi connectivity index (χ2v) is 22.9. The van der Waals surface area contributed by atoms with Crippen LogP contribution in [0, 0.1) is 29.6 Å². The van der Waals surface area contributed by atoms with Crippen molar-refractivity contribution in [3.05, 3.63) is 0 Å². The van der Waals surface area contributed by atoms with E-state index >= 15 is 0 Å². The number of ether oxygens (including phenoxy) is 1. The number of imide groups is 2. The van der Waals surface area contributed by atoms with Gasteiger partial charge in [-0.25, -0.2) is 17.7 Å². The van der Waals surface area contributed by atoms with Crippen molar-refractivity contribution in [2.45, 2.75) is 139 Å². The highest BCUT2D eigenvalue weighted by Gasteiger charge is 2.56. The summed E-state index contributed by atoms with van der Waals surface area (Å²) in [5, 5.41) is 19.4. The fourth-order valence-corrected chi connectivity index (χ4v) is 13.4. The van der Waals surface area contributed by atoms with E-state index in [4.69, 9.17) is 4.74 Å². The molecule has 68 heavy (non-hydrogen) atoms. The number of unbranched alkanes of at least 4 members (excludes halogenated alkanes) is 5. The molecule has 10 unspecified atom stereocenters. The van der Waals surface area contributed by atoms with E-state index in [9.17, 15) is 46.8 Å². The Morgan fingerprint density at radius 2 is 1.49 bits per heavy atom. The van der Waals surface area contributed by atoms with Crippen LogP contribution in [0.15, 0.2) is 0 Å². The van der Waals surface area contributed by atoms with Crippen molar-refractivity contribution >= 4 is 69.0 Å². The third-order valence-electron chi connectivity index (χ3n) is 14.9. The highest BCUT2D eigenvalue weighted by Crippen LogP contribution is 2.42. The Morgan fingerprint density at radius 1 is 0.779 bits per heavy atom. The summed E-state index contributed by atoms with van der Waals surface area (Å²) >= 11 is 1.66. The molecule has 0 aromatic carbocycles. The van der Waals surface area contributed by atoms with Crippen LogP contribution in [0.1, 0.15) is 109 Å². The predicted octanol–water partition coefficient (Wildman–Crippen LogP) is -0.577. The molecule has 21 nitrogen and oxygen atoms in total. The summed E-state index contributed by atoms with van der Waals surface area (Å²) in [6.07, 6.45) is 14.1. The van der Waals surface area contributed by atoms with Gasteiger partial charge in [-0.3, -0.25) is 59.3 Å². The van der Waals surface area contributed by atoms with E-state index < -0.39 is 63.6 Å². The van der Waals surface area contributed by atoms with E-state index in [1.54, 1.807) is 11.8 Å². The molecule has 0 radical (unpaired) electrons. The Labute approximate surface area is 403 Å². The first-order valence-corrected chi connectivity index (χ1v) is 27.8. The maximum Gasteiger partial charge on any atom is 0.249 e. The minimum atomic E-state index is -3.34. The van der Waals surface area contributed by atoms with Gasteiger partial charge < -0.3 is 26.0 Å². The van der Waals surface area contributed by atoms with Crippen molar-refractivity contribution < 1.29 is 51.5 Å². The van der Waals surface area contributed by atoms with Crippen LogP contribution in [0.3, 0.4) is 0 Å². The molecule has 0 aromatic rings. The van der Waals surface area contributed by atoms with Crippen LogP contribution >= 0.6 is 11.8 Å². The predicted molar refractivity (Wildman–Crippen MR) is 250 cm³/mol. The van der Waals surface area contributed by atoms with E-state index in [1.165, 1.54) is 4.31 Å². The van der Waals surface area contributed by atoms with Crippen LogP contribution < -0.4 is 37.3 Å². The molecular weight excluding hydrogens is 921 g/mol. The number of sulfonamides is 1. The maximum absolute atomic E-state index is 13.4. The summed E-state index contributed by atoms with van der Waals surface area (Å²) < 4.78 is 30.7. The van der Waals surface area contributed by atoms with Gasteiger partial charge in [0.15, 0.2) is 0 Å². The van der Waals surface area contributed by atoms with Crippen LogP contribution in [-0.4, -0.2) is 164 Å². The van der Waals surface area contributed by atoms with Crippen molar-refractivity contribution in [1.29, 1.82) is 0 Å². The summed E-state index contributed by atoms with van der Waals surface area (Å²) in [6.45, 7) is 2.35. The van der Waals surface area contributed by atoms with Gasteiger partial charge in [0, 0.05) is 57.0 Å². The molecule has 0 bridgehead atoms. The fourth-order valence-electron chi connectivity index (χ4n) is 11.2. The molecule has 5 heterocycles. The van der Waals surface area contributed by atoms with Gasteiger partial charge in [-0.15, -0.1) is 11.8 Å². The molecule has 5 aliphatic heterocycles. The van der Waals surface area contributed by atoms with Gasteiger partial charge in [-0.1, -0.05) is 38.5 Å². The number of hydrogen-bond acceptors (Lipinski definition) is 15. The van der Waals surface area contributed by atoms with Crippen molar-refractivity contribution in [2.24, 2.45) is 29.6 Å². The number of fused-ring (bicyclic) bond motifs is 1. The number of piperidine rings is 1. The number of rotatable bonds is 22. The first kappa shape index (κ1) is 52.1. The standard InChI is InChI=1S/C45H72N10O11S2/c1-68(64,65)54-21-16-30(24-54)41(60)48-23-37(57)51-45-49-33(27-67-45)29-11-8-10-28(22-29)32-17-20-53(52-32)25-38(58)46-18-6-4-2-3-5-7-19-47-39(59)26-66-35-13-9-12-31-40(35)44(63)55(43(31)62)34-14-15-36(56)50-42(34)61/h28-35,40,45,49,52H,2-27H2,1H3,(H,46,58)(H,47,59)(H,48,60)(H,51,57)(H,50,56,61). The second kappa shape index (κ2) is 24.4. The molecule has 380 valence electrons. The van der Waals surface area contributed by atoms with Crippen LogP contribution in [0.5, 0.6) is 0 Å². The molecule has 5 saturated heterocycles. The summed E-state index contributed by atoms with van der Waals surface area (Å²) in [5.74, 6) is -2.66. The van der Waals surface area contributed by atoms with Gasteiger partial charge in [0.25, 0.3) is 0 Å². The molecule has 2 saturated carbocycles. The Bertz CT molecular complexity index is 1980. The van der Waals surface area contributed by atoms with Gasteiger partial charge in [-0.2, -0.15) is 0 Å². The third kappa shape index (κ3) is 14.0. The van der Waals surface area contributed by atoms with Gasteiger partial charge in [0.2, 0.25) is 57.3 Å². The number of nitrogens with one attached hydrogen (secondary N) is 7. The van der Waals surface area contributed by atoms with Crippen molar-refractivity contribution in [3.8, 4) is 0 Å². The summed E-state index contributed by atoms with van der Waals surface area (Å²) in [5.41, 5.74) is 3.39. The van der Waals surface area contributed by atoms with E-state index in [0.717, 1.165) is 94.1 Å². The second-order valence-electron chi connectivity index (χ2n) is 19.8. The lowest BCUT2D eigenvalue weighted by molar-refractivity contribution is -0.152. The quantitative estimate of drug-likeness (QED) is 0.0529. The van der Waals surface area contributed by atoms with E-state index in [-0.39, 0.29) is 67.7 Å². The Kier molecular flexibility index (Phi) is 18.7. The zero-order valence-corrected chi connectivity index (χ0v) is 40.9. The number of amides is 8. The Morgan fingerprint density at radius 3 is 2.21 bits per heavy atom. The van der Waals surface area contributed by atoms with E-state index in [0.29, 0.717) is 69.7 Å². The van der Waals surface area contributed by atoms with Gasteiger partial charge >= 0.3 is 0 Å². The molecule has 0 aromatic heterocycles. The SMILES string of the molecule is CS(=O)(=O)N1CCC(C(=O)NCC(=O)NC2NC(C3CCCC(C4CCN(CC(=O)NCCCCCCCCNC(=O)COC5CCCC6C(=O)N(C7CCC(=O)NC7=O)C(=O)C56)N4)C3)CS2)C1. The van der Waals surface area contributed by atoms with Crippen molar-refractivity contribution in [2.75, 3.05) is 64.4 Å². The highest BCUT2D eigenvalue weighted by atomic mass is 32.2. The largest absolute Gasteiger partial charge is 0.368 e. The van der Waals surface area contributed by atoms with Crippen LogP contribution in [0.4, 0.5) is 0 Å². The molecule has 7 N–H and O–H groups in total. The lowest BCUT2D eigenvalue weighted by Gasteiger charge is -2.36. The number of carbonyl (C=O) groups is 8. The fraction of sp³-hybridized carbons (Fsp3) is 0.822. The summed E-state index contributed by atoms with van der Waals surface area (Å²) in [7, 11) is -3.34. The Balaban J connectivity index is 0.680. The van der Waals surface area contributed by atoms with Gasteiger partial charge in [0.1, 0.15) is 18.1 Å². The van der Waals surface area contributed by atoms with Crippen molar-refractivity contribution in [1.82, 2.24) is 51.5 Å². The lowest BCUT2D eigenvalue weighted by atomic mass is 9.75. The zero-order valence-electron chi connectivity index (χ0n) is 39.3. The van der Waals surface area contributed by atoms with Crippen molar-refractivity contribution in [3.63, 3.8) is 0 Å². The monoisotopic (exact) mass is 992 g/mol. The average molecular weight is 993 g/mol. The van der Waals surface area contributed by atoms with Gasteiger partial charge in [0.05, 0.1) is 43.2 Å². The molecule has 23 heteroatoms. The zero-order chi connectivity index (χ0) is 48.4. The topological polar surface area (TPSA) is 274 Å². The summed E-state index contributed by atoms with van der Waals surface area (Å²) in [6, 6.07) is -0.392. The lowest BCUT2D eigenvalue weighted by Crippen LogP contribution is -2.54. The smallest absolute Gasteiger partial charge is 0.249 e. The summed E-state index contributed by atoms with van der Waals surface area (Å²) in [4.78, 5) is 102. The first-order valence-electron chi connectivity index (χ1n) is 24.9. The number of thioether (sulfide) groups is 1. The maximum atomic E-state index is 13.4. The number of hydrazine groups is 1. The Hall–Kier alpha value is -3.74. The molecule has 7 aliphatic rings. The third-order valence-corrected chi connectivity index (χ3v) is 17.3. The minimum absolute atomic E-state index is 0.0113. The van der Waals surface area contributed by atoms with Crippen LogP contribution in [0.2, 0.25) is 0 Å². The molecule has 0 spiro atoms. The molecular formula is C45H72N10O11S2. The van der Waals surface area contributed by atoms with Gasteiger partial charge in [-0.05, 0) is 76.0 Å². The number of likely N-dealkylation sites (tertiary alicyclic amines) is 1. The highest BCUT2D eigenvalue weighted by molar-refractivity contribution is 8.00. The van der Waals surface area contributed by atoms with E-state index in [2.05, 4.69) is 37.3 Å². The molecule has 7 fully saturated rings. The van der Waals surface area contributed by atoms with Crippen LogP contribution in [0.25, 0.3) is 0 Å². The molecule has 8 amide bonds. The number of nitrogens with zero attached hydrogens (tertiary/aromatic N) is 3. The average Bonchev–Trinajstić information content (AvgIpc) is 4.14.